The molecule has 0 spiro atoms. The number of rotatable bonds is 1. The zero-order valence-electron chi connectivity index (χ0n) is 21.4. The van der Waals surface area contributed by atoms with Gasteiger partial charge in [0.2, 0.25) is 0 Å². The normalized spacial score (nSPS) is 51.8. The topological polar surface area (TPSA) is 54.4 Å². The Hall–Kier alpha value is -0.700. The van der Waals surface area contributed by atoms with Gasteiger partial charge in [-0.25, -0.2) is 0 Å². The van der Waals surface area contributed by atoms with Crippen molar-refractivity contribution in [2.45, 2.75) is 106 Å². The molecule has 0 bridgehead atoms. The van der Waals surface area contributed by atoms with Crippen LogP contribution in [0.5, 0.6) is 0 Å². The molecule has 3 unspecified atom stereocenters. The van der Waals surface area contributed by atoms with E-state index < -0.39 is 0 Å². The highest BCUT2D eigenvalue weighted by Gasteiger charge is 2.68. The highest BCUT2D eigenvalue weighted by atomic mass is 16.3. The van der Waals surface area contributed by atoms with Gasteiger partial charge in [-0.05, 0) is 96.7 Å². The maximum Gasteiger partial charge on any atom is 0.138 e. The molecule has 8 atom stereocenters. The van der Waals surface area contributed by atoms with Gasteiger partial charge in [0.15, 0.2) is 0 Å². The van der Waals surface area contributed by atoms with E-state index in [1.165, 1.54) is 6.42 Å². The summed E-state index contributed by atoms with van der Waals surface area (Å²) in [7, 11) is 0. The van der Waals surface area contributed by atoms with Crippen molar-refractivity contribution in [3.8, 4) is 0 Å². The highest BCUT2D eigenvalue weighted by Crippen LogP contribution is 2.72. The van der Waals surface area contributed by atoms with Gasteiger partial charge in [-0.1, -0.05) is 41.5 Å². The van der Waals surface area contributed by atoms with E-state index in [-0.39, 0.29) is 39.6 Å². The SMILES string of the molecule is CC1(C)CC[C@]2(CO)CCC3[C@H](C(=O)CC4[C@@]3(C)CCC3C(C)(C)C(=O)CC[C@@]34C)[C@@H]2C1. The molecule has 0 aromatic rings. The second kappa shape index (κ2) is 6.92. The largest absolute Gasteiger partial charge is 0.396 e. The van der Waals surface area contributed by atoms with Crippen LogP contribution in [-0.4, -0.2) is 23.3 Å². The fourth-order valence-electron chi connectivity index (χ4n) is 10.5. The minimum absolute atomic E-state index is 0.0318. The Bertz CT molecular complexity index is 826. The zero-order chi connectivity index (χ0) is 23.3. The average Bonchev–Trinajstić information content (AvgIpc) is 2.72. The first-order chi connectivity index (χ1) is 14.8. The lowest BCUT2D eigenvalue weighted by Gasteiger charge is -2.68. The molecule has 32 heavy (non-hydrogen) atoms. The van der Waals surface area contributed by atoms with Crippen molar-refractivity contribution in [3.63, 3.8) is 0 Å². The zero-order valence-corrected chi connectivity index (χ0v) is 21.4. The van der Waals surface area contributed by atoms with Crippen LogP contribution < -0.4 is 0 Å². The summed E-state index contributed by atoms with van der Waals surface area (Å²) in [6, 6.07) is 0. The molecule has 3 heteroatoms. The van der Waals surface area contributed by atoms with Crippen molar-refractivity contribution in [1.29, 1.82) is 0 Å². The van der Waals surface area contributed by atoms with E-state index in [1.807, 2.05) is 0 Å². The van der Waals surface area contributed by atoms with Crippen LogP contribution in [0.25, 0.3) is 0 Å². The van der Waals surface area contributed by atoms with E-state index in [0.717, 1.165) is 44.9 Å². The predicted octanol–water partition coefficient (Wildman–Crippen LogP) is 6.22. The monoisotopic (exact) mass is 442 g/mol. The minimum atomic E-state index is -0.264. The van der Waals surface area contributed by atoms with E-state index in [2.05, 4.69) is 41.5 Å². The molecule has 0 aromatic carbocycles. The average molecular weight is 443 g/mol. The van der Waals surface area contributed by atoms with Crippen molar-refractivity contribution in [2.24, 2.45) is 56.7 Å². The standard InChI is InChI=1S/C29H46O3/c1-25(2)13-14-29(17-30)12-7-18-24(19(29)16-25)20(31)15-22-27(18,5)10-8-21-26(3,4)23(32)9-11-28(21,22)6/h18-19,21-22,24,30H,7-17H2,1-6H3/t18?,19-,21?,22?,24-,27-,28-,29-/m0/s1. The van der Waals surface area contributed by atoms with Crippen molar-refractivity contribution in [1.82, 2.24) is 0 Å². The van der Waals surface area contributed by atoms with Crippen molar-refractivity contribution >= 4 is 11.6 Å². The van der Waals surface area contributed by atoms with Crippen molar-refractivity contribution < 1.29 is 14.7 Å². The van der Waals surface area contributed by atoms with Gasteiger partial charge < -0.3 is 5.11 Å². The van der Waals surface area contributed by atoms with Crippen LogP contribution >= 0.6 is 0 Å². The summed E-state index contributed by atoms with van der Waals surface area (Å²) in [6.45, 7) is 14.3. The number of hydrogen-bond acceptors (Lipinski definition) is 3. The summed E-state index contributed by atoms with van der Waals surface area (Å²) >= 11 is 0. The number of hydrogen-bond donors (Lipinski definition) is 1. The van der Waals surface area contributed by atoms with Gasteiger partial charge in [-0.2, -0.15) is 0 Å². The molecule has 0 amide bonds. The maximum atomic E-state index is 14.0. The number of carbonyl (C=O) groups is 2. The molecule has 0 saturated heterocycles. The molecular formula is C29H46O3. The highest BCUT2D eigenvalue weighted by molar-refractivity contribution is 5.86. The lowest BCUT2D eigenvalue weighted by molar-refractivity contribution is -0.207. The molecule has 0 aromatic heterocycles. The number of fused-ring (bicyclic) bond motifs is 7. The van der Waals surface area contributed by atoms with Crippen LogP contribution in [-0.2, 0) is 9.59 Å². The van der Waals surface area contributed by atoms with E-state index in [9.17, 15) is 14.7 Å². The Morgan fingerprint density at radius 1 is 0.812 bits per heavy atom. The van der Waals surface area contributed by atoms with Crippen LogP contribution in [0.3, 0.4) is 0 Å². The Labute approximate surface area is 195 Å². The van der Waals surface area contributed by atoms with E-state index in [1.54, 1.807) is 0 Å². The summed E-state index contributed by atoms with van der Waals surface area (Å²) in [5.74, 6) is 2.64. The Kier molecular flexibility index (Phi) is 4.99. The molecule has 5 aliphatic rings. The van der Waals surface area contributed by atoms with Crippen molar-refractivity contribution in [2.75, 3.05) is 6.61 Å². The van der Waals surface area contributed by atoms with Crippen LogP contribution in [0.2, 0.25) is 0 Å². The molecule has 0 radical (unpaired) electrons. The van der Waals surface area contributed by atoms with E-state index >= 15 is 0 Å². The molecule has 0 aliphatic heterocycles. The first kappa shape index (κ1) is 23.1. The van der Waals surface area contributed by atoms with Gasteiger partial charge in [0.25, 0.3) is 0 Å². The molecule has 5 saturated carbocycles. The number of carbonyl (C=O) groups excluding carboxylic acids is 2. The molecule has 0 heterocycles. The lowest BCUT2D eigenvalue weighted by atomic mass is 9.35. The van der Waals surface area contributed by atoms with Crippen LogP contribution in [0.4, 0.5) is 0 Å². The van der Waals surface area contributed by atoms with E-state index in [0.29, 0.717) is 48.1 Å². The molecule has 5 fully saturated rings. The molecule has 3 nitrogen and oxygen atoms in total. The van der Waals surface area contributed by atoms with E-state index in [4.69, 9.17) is 0 Å². The third-order valence-corrected chi connectivity index (χ3v) is 12.5. The first-order valence-electron chi connectivity index (χ1n) is 13.5. The molecule has 5 rings (SSSR count). The van der Waals surface area contributed by atoms with Gasteiger partial charge in [0.1, 0.15) is 11.6 Å². The second-order valence-corrected chi connectivity index (χ2v) is 14.6. The minimum Gasteiger partial charge on any atom is -0.396 e. The van der Waals surface area contributed by atoms with Gasteiger partial charge in [-0.15, -0.1) is 0 Å². The van der Waals surface area contributed by atoms with Gasteiger partial charge in [0, 0.05) is 30.8 Å². The lowest BCUT2D eigenvalue weighted by Crippen LogP contribution is -2.65. The molecule has 1 N–H and O–H groups in total. The Balaban J connectivity index is 1.53. The van der Waals surface area contributed by atoms with Crippen molar-refractivity contribution in [3.05, 3.63) is 0 Å². The molecule has 5 aliphatic carbocycles. The van der Waals surface area contributed by atoms with Gasteiger partial charge >= 0.3 is 0 Å². The number of aliphatic hydroxyl groups excluding tert-OH is 1. The predicted molar refractivity (Wildman–Crippen MR) is 127 cm³/mol. The summed E-state index contributed by atoms with van der Waals surface area (Å²) < 4.78 is 0. The number of Topliss-reactive ketones (excluding diaryl/α,β-unsaturated/α-hetero) is 2. The summed E-state index contributed by atoms with van der Waals surface area (Å²) in [6.07, 6.45) is 10.1. The number of aliphatic hydroxyl groups is 1. The van der Waals surface area contributed by atoms with Crippen LogP contribution in [0.15, 0.2) is 0 Å². The van der Waals surface area contributed by atoms with Crippen LogP contribution in [0.1, 0.15) is 106 Å². The maximum absolute atomic E-state index is 14.0. The summed E-state index contributed by atoms with van der Waals surface area (Å²) in [5, 5.41) is 10.6. The third kappa shape index (κ3) is 2.88. The fraction of sp³-hybridized carbons (Fsp3) is 0.931. The van der Waals surface area contributed by atoms with Crippen LogP contribution in [0, 0.1) is 56.7 Å². The molecule has 180 valence electrons. The van der Waals surface area contributed by atoms with Gasteiger partial charge in [-0.3, -0.25) is 9.59 Å². The summed E-state index contributed by atoms with van der Waals surface area (Å²) in [5.41, 5.74) is 0.239. The quantitative estimate of drug-likeness (QED) is 0.524. The first-order valence-corrected chi connectivity index (χ1v) is 13.5. The smallest absolute Gasteiger partial charge is 0.138 e. The second-order valence-electron chi connectivity index (χ2n) is 14.6. The Morgan fingerprint density at radius 3 is 2.22 bits per heavy atom. The number of ketones is 2. The molecular weight excluding hydrogens is 396 g/mol. The third-order valence-electron chi connectivity index (χ3n) is 12.5. The Morgan fingerprint density at radius 2 is 1.53 bits per heavy atom. The summed E-state index contributed by atoms with van der Waals surface area (Å²) in [4.78, 5) is 26.9. The fourth-order valence-corrected chi connectivity index (χ4v) is 10.5. The van der Waals surface area contributed by atoms with Gasteiger partial charge in [0.05, 0.1) is 0 Å².